The molecule has 0 aromatic heterocycles. The molecule has 1 amide bonds. The minimum atomic E-state index is -3.54. The number of anilines is 2. The third-order valence-electron chi connectivity index (χ3n) is 4.60. The number of sulfonamides is 1. The second kappa shape index (κ2) is 6.88. The summed E-state index contributed by atoms with van der Waals surface area (Å²) in [5.41, 5.74) is 5.13. The van der Waals surface area contributed by atoms with Crippen LogP contribution >= 0.6 is 0 Å². The summed E-state index contributed by atoms with van der Waals surface area (Å²) in [5, 5.41) is 2.90. The predicted molar refractivity (Wildman–Crippen MR) is 107 cm³/mol. The van der Waals surface area contributed by atoms with Crippen molar-refractivity contribution in [1.29, 1.82) is 0 Å². The van der Waals surface area contributed by atoms with E-state index >= 15 is 0 Å². The first-order valence-electron chi connectivity index (χ1n) is 8.70. The van der Waals surface area contributed by atoms with E-state index in [-0.39, 0.29) is 12.5 Å². The molecule has 144 valence electrons. The van der Waals surface area contributed by atoms with E-state index in [0.717, 1.165) is 34.2 Å². The summed E-state index contributed by atoms with van der Waals surface area (Å²) in [6.07, 6.45) is 0.197. The highest BCUT2D eigenvalue weighted by molar-refractivity contribution is 7.92. The maximum atomic E-state index is 12.8. The average molecular weight is 388 g/mol. The molecule has 6 nitrogen and oxygen atoms in total. The van der Waals surface area contributed by atoms with Crippen molar-refractivity contribution >= 4 is 27.3 Å². The van der Waals surface area contributed by atoms with Gasteiger partial charge in [0, 0.05) is 5.69 Å². The molecule has 0 fully saturated rings. The van der Waals surface area contributed by atoms with Crippen LogP contribution in [-0.4, -0.2) is 33.2 Å². The Bertz CT molecular complexity index is 992. The molecule has 0 spiro atoms. The topological polar surface area (TPSA) is 75.7 Å². The lowest BCUT2D eigenvalue weighted by molar-refractivity contribution is -0.122. The Morgan fingerprint density at radius 2 is 1.70 bits per heavy atom. The van der Waals surface area contributed by atoms with Crippen LogP contribution in [0.25, 0.3) is 0 Å². The molecule has 1 heterocycles. The van der Waals surface area contributed by atoms with E-state index in [4.69, 9.17) is 4.74 Å². The van der Waals surface area contributed by atoms with Gasteiger partial charge in [-0.2, -0.15) is 0 Å². The molecule has 1 atom stereocenters. The van der Waals surface area contributed by atoms with Crippen LogP contribution in [0.4, 0.5) is 11.4 Å². The molecule has 0 saturated carbocycles. The fraction of sp³-hybridized carbons (Fsp3) is 0.350. The van der Waals surface area contributed by atoms with Crippen molar-refractivity contribution in [1.82, 2.24) is 0 Å². The lowest BCUT2D eigenvalue weighted by atomic mass is 10.0. The number of carbonyl (C=O) groups is 1. The molecule has 2 aromatic carbocycles. The summed E-state index contributed by atoms with van der Waals surface area (Å²) >= 11 is 0. The van der Waals surface area contributed by atoms with Crippen molar-refractivity contribution in [2.45, 2.75) is 33.8 Å². The van der Waals surface area contributed by atoms with Gasteiger partial charge in [-0.25, -0.2) is 8.42 Å². The fourth-order valence-corrected chi connectivity index (χ4v) is 4.30. The number of nitrogens with one attached hydrogen (secondary N) is 1. The number of fused-ring (bicyclic) bond motifs is 1. The Kier molecular flexibility index (Phi) is 4.90. The number of carbonyl (C=O) groups excluding carboxylic acids is 1. The highest BCUT2D eigenvalue weighted by atomic mass is 32.2. The lowest BCUT2D eigenvalue weighted by Gasteiger charge is -2.34. The lowest BCUT2D eigenvalue weighted by Crippen LogP contribution is -2.48. The first-order valence-corrected chi connectivity index (χ1v) is 10.5. The van der Waals surface area contributed by atoms with E-state index in [1.807, 2.05) is 45.9 Å². The molecular formula is C20H24N2O4S. The molecule has 1 N–H and O–H groups in total. The first-order chi connectivity index (χ1) is 12.6. The molecule has 0 saturated heterocycles. The second-order valence-corrected chi connectivity index (χ2v) is 9.04. The number of benzene rings is 2. The summed E-state index contributed by atoms with van der Waals surface area (Å²) in [6.45, 7) is 7.67. The van der Waals surface area contributed by atoms with Gasteiger partial charge in [-0.1, -0.05) is 23.8 Å². The molecule has 3 rings (SSSR count). The molecule has 0 radical (unpaired) electrons. The van der Waals surface area contributed by atoms with Gasteiger partial charge in [0.1, 0.15) is 5.75 Å². The standard InChI is InChI=1S/C20H24N2O4S/c1-12-6-7-17-16(10-12)22(27(5,24)25)11-18(26-17)20(23)21-19-14(3)8-13(2)9-15(19)4/h6-10,18H,11H2,1-5H3,(H,21,23). The minimum absolute atomic E-state index is 0.0644. The molecule has 7 heteroatoms. The van der Waals surface area contributed by atoms with E-state index in [2.05, 4.69) is 5.32 Å². The van der Waals surface area contributed by atoms with E-state index in [9.17, 15) is 13.2 Å². The van der Waals surface area contributed by atoms with Crippen LogP contribution in [0.3, 0.4) is 0 Å². The van der Waals surface area contributed by atoms with Gasteiger partial charge < -0.3 is 10.1 Å². The van der Waals surface area contributed by atoms with Crippen molar-refractivity contribution in [2.75, 3.05) is 22.4 Å². The summed E-state index contributed by atoms with van der Waals surface area (Å²) < 4.78 is 31.6. The van der Waals surface area contributed by atoms with Crippen LogP contribution in [0.2, 0.25) is 0 Å². The van der Waals surface area contributed by atoms with Gasteiger partial charge >= 0.3 is 0 Å². The molecule has 27 heavy (non-hydrogen) atoms. The van der Waals surface area contributed by atoms with Gasteiger partial charge in [0.2, 0.25) is 10.0 Å². The van der Waals surface area contributed by atoms with E-state index in [0.29, 0.717) is 11.4 Å². The summed E-state index contributed by atoms with van der Waals surface area (Å²) in [6, 6.07) is 9.26. The zero-order chi connectivity index (χ0) is 19.9. The van der Waals surface area contributed by atoms with Crippen LogP contribution in [0.15, 0.2) is 30.3 Å². The largest absolute Gasteiger partial charge is 0.476 e. The van der Waals surface area contributed by atoms with Gasteiger partial charge in [0.25, 0.3) is 5.91 Å². The highest BCUT2D eigenvalue weighted by Crippen LogP contribution is 2.36. The normalized spacial score (nSPS) is 16.5. The number of hydrogen-bond acceptors (Lipinski definition) is 4. The predicted octanol–water partition coefficient (Wildman–Crippen LogP) is 3.09. The molecule has 1 aliphatic rings. The van der Waals surface area contributed by atoms with Gasteiger partial charge in [0.15, 0.2) is 6.10 Å². The van der Waals surface area contributed by atoms with Gasteiger partial charge in [-0.3, -0.25) is 9.10 Å². The molecule has 1 unspecified atom stereocenters. The van der Waals surface area contributed by atoms with Crippen LogP contribution in [0.5, 0.6) is 5.75 Å². The minimum Gasteiger partial charge on any atom is -0.476 e. The summed E-state index contributed by atoms with van der Waals surface area (Å²) in [4.78, 5) is 12.8. The molecule has 1 aliphatic heterocycles. The number of aryl methyl sites for hydroxylation is 4. The molecule has 0 aliphatic carbocycles. The Labute approximate surface area is 160 Å². The van der Waals surface area contributed by atoms with Crippen LogP contribution < -0.4 is 14.4 Å². The average Bonchev–Trinajstić information content (AvgIpc) is 2.56. The Hall–Kier alpha value is -2.54. The number of rotatable bonds is 3. The number of ether oxygens (including phenoxy) is 1. The maximum absolute atomic E-state index is 12.8. The van der Waals surface area contributed by atoms with E-state index in [1.54, 1.807) is 12.1 Å². The zero-order valence-corrected chi connectivity index (χ0v) is 17.0. The quantitative estimate of drug-likeness (QED) is 0.877. The molecule has 2 aromatic rings. The van der Waals surface area contributed by atoms with E-state index < -0.39 is 16.1 Å². The third kappa shape index (κ3) is 3.93. The monoisotopic (exact) mass is 388 g/mol. The smallest absolute Gasteiger partial charge is 0.267 e. The zero-order valence-electron chi connectivity index (χ0n) is 16.2. The Morgan fingerprint density at radius 1 is 1.07 bits per heavy atom. The highest BCUT2D eigenvalue weighted by Gasteiger charge is 2.35. The number of nitrogens with zero attached hydrogens (tertiary/aromatic N) is 1. The Morgan fingerprint density at radius 3 is 2.30 bits per heavy atom. The molecule has 0 bridgehead atoms. The number of hydrogen-bond donors (Lipinski definition) is 1. The maximum Gasteiger partial charge on any atom is 0.267 e. The van der Waals surface area contributed by atoms with Gasteiger partial charge in [0.05, 0.1) is 18.5 Å². The van der Waals surface area contributed by atoms with Gasteiger partial charge in [-0.05, 0) is 56.5 Å². The summed E-state index contributed by atoms with van der Waals surface area (Å²) in [5.74, 6) is 0.0136. The van der Waals surface area contributed by atoms with Crippen molar-refractivity contribution in [3.05, 3.63) is 52.6 Å². The third-order valence-corrected chi connectivity index (χ3v) is 5.75. The van der Waals surface area contributed by atoms with Crippen LogP contribution in [0, 0.1) is 27.7 Å². The van der Waals surface area contributed by atoms with Crippen molar-refractivity contribution in [2.24, 2.45) is 0 Å². The van der Waals surface area contributed by atoms with Gasteiger partial charge in [-0.15, -0.1) is 0 Å². The SMILES string of the molecule is Cc1cc(C)c(NC(=O)C2CN(S(C)(=O)=O)c3cc(C)ccc3O2)c(C)c1. The van der Waals surface area contributed by atoms with E-state index in [1.165, 1.54) is 4.31 Å². The molecular weight excluding hydrogens is 364 g/mol. The second-order valence-electron chi connectivity index (χ2n) is 7.13. The van der Waals surface area contributed by atoms with Crippen LogP contribution in [-0.2, 0) is 14.8 Å². The first kappa shape index (κ1) is 19.2. The Balaban J connectivity index is 1.92. The van der Waals surface area contributed by atoms with Crippen LogP contribution in [0.1, 0.15) is 22.3 Å². The fourth-order valence-electron chi connectivity index (χ4n) is 3.39. The van der Waals surface area contributed by atoms with Crippen molar-refractivity contribution in [3.8, 4) is 5.75 Å². The summed E-state index contributed by atoms with van der Waals surface area (Å²) in [7, 11) is -3.54. The number of amides is 1. The van der Waals surface area contributed by atoms with Crippen molar-refractivity contribution < 1.29 is 17.9 Å². The van der Waals surface area contributed by atoms with Crippen molar-refractivity contribution in [3.63, 3.8) is 0 Å².